The van der Waals surface area contributed by atoms with Crippen LogP contribution in [0.15, 0.2) is 54.9 Å². The molecular weight excluding hydrogens is 368 g/mol. The highest BCUT2D eigenvalue weighted by atomic mass is 32.2. The number of carbonyl (C=O) groups is 2. The molecule has 27 heavy (non-hydrogen) atoms. The van der Waals surface area contributed by atoms with E-state index in [2.05, 4.69) is 15.6 Å². The van der Waals surface area contributed by atoms with Gasteiger partial charge < -0.3 is 10.6 Å². The number of hydrogen-bond acceptors (Lipinski definition) is 6. The Hall–Kier alpha value is -3.25. The van der Waals surface area contributed by atoms with E-state index in [0.717, 1.165) is 0 Å². The lowest BCUT2D eigenvalue weighted by molar-refractivity contribution is -0.120. The Bertz CT molecular complexity index is 925. The molecule has 2 rings (SSSR count). The first-order valence-electron chi connectivity index (χ1n) is 8.02. The molecule has 2 N–H and O–H groups in total. The van der Waals surface area contributed by atoms with Crippen molar-refractivity contribution in [1.29, 1.82) is 5.26 Å². The lowest BCUT2D eigenvalue weighted by atomic mass is 10.2. The van der Waals surface area contributed by atoms with Gasteiger partial charge in [0, 0.05) is 24.5 Å². The Morgan fingerprint density at radius 1 is 1.07 bits per heavy atom. The normalized spacial score (nSPS) is 11.8. The first kappa shape index (κ1) is 20.1. The van der Waals surface area contributed by atoms with E-state index >= 15 is 0 Å². The highest BCUT2D eigenvalue weighted by Crippen LogP contribution is 2.11. The fraction of sp³-hybridized carbons (Fsp3) is 0.222. The van der Waals surface area contributed by atoms with E-state index in [4.69, 9.17) is 5.26 Å². The zero-order valence-electron chi connectivity index (χ0n) is 14.3. The molecule has 8 nitrogen and oxygen atoms in total. The Morgan fingerprint density at radius 3 is 2.37 bits per heavy atom. The van der Waals surface area contributed by atoms with E-state index in [9.17, 15) is 18.0 Å². The van der Waals surface area contributed by atoms with E-state index in [1.807, 2.05) is 0 Å². The second kappa shape index (κ2) is 9.45. The largest absolute Gasteiger partial charge is 0.350 e. The van der Waals surface area contributed by atoms with Crippen molar-refractivity contribution in [2.75, 3.05) is 13.1 Å². The van der Waals surface area contributed by atoms with Gasteiger partial charge in [0.15, 0.2) is 15.1 Å². The molecular formula is C18H18N4O4S. The number of amides is 2. The molecule has 1 aromatic carbocycles. The van der Waals surface area contributed by atoms with Crippen molar-refractivity contribution in [3.63, 3.8) is 0 Å². The van der Waals surface area contributed by atoms with Crippen LogP contribution in [0, 0.1) is 11.3 Å². The van der Waals surface area contributed by atoms with Crippen molar-refractivity contribution in [3.05, 3.63) is 66.0 Å². The van der Waals surface area contributed by atoms with Gasteiger partial charge in [-0.15, -0.1) is 0 Å². The highest BCUT2D eigenvalue weighted by molar-refractivity contribution is 7.92. The number of nitrogens with zero attached hydrogens (tertiary/aromatic N) is 2. The van der Waals surface area contributed by atoms with Gasteiger partial charge in [0.2, 0.25) is 5.91 Å². The maximum Gasteiger partial charge on any atom is 0.251 e. The van der Waals surface area contributed by atoms with E-state index < -0.39 is 33.4 Å². The molecule has 2 aromatic rings. The second-order valence-corrected chi connectivity index (χ2v) is 7.79. The number of nitriles is 1. The molecule has 2 amide bonds. The second-order valence-electron chi connectivity index (χ2n) is 5.60. The molecule has 0 aliphatic rings. The summed E-state index contributed by atoms with van der Waals surface area (Å²) in [7, 11) is -3.95. The lowest BCUT2D eigenvalue weighted by Gasteiger charge is -2.17. The number of benzene rings is 1. The third kappa shape index (κ3) is 5.90. The number of carbonyl (C=O) groups excluding carboxylic acids is 2. The third-order valence-corrected chi connectivity index (χ3v) is 5.65. The van der Waals surface area contributed by atoms with Gasteiger partial charge in [-0.3, -0.25) is 14.6 Å². The molecule has 1 atom stereocenters. The van der Waals surface area contributed by atoms with Crippen LogP contribution in [0.5, 0.6) is 0 Å². The van der Waals surface area contributed by atoms with Gasteiger partial charge in [0.1, 0.15) is 6.54 Å². The summed E-state index contributed by atoms with van der Waals surface area (Å²) in [4.78, 5) is 28.3. The molecule has 0 radical (unpaired) electrons. The summed E-state index contributed by atoms with van der Waals surface area (Å²) in [6.07, 6.45) is 2.90. The zero-order valence-corrected chi connectivity index (χ0v) is 15.1. The summed E-state index contributed by atoms with van der Waals surface area (Å²) >= 11 is 0. The van der Waals surface area contributed by atoms with Gasteiger partial charge in [-0.25, -0.2) is 8.42 Å². The Kier molecular flexibility index (Phi) is 7.02. The molecule has 0 bridgehead atoms. The fourth-order valence-electron chi connectivity index (χ4n) is 2.31. The first-order chi connectivity index (χ1) is 12.9. The maximum absolute atomic E-state index is 12.7. The summed E-state index contributed by atoms with van der Waals surface area (Å²) in [6, 6.07) is 13.0. The van der Waals surface area contributed by atoms with Gasteiger partial charge in [0.25, 0.3) is 5.91 Å². The number of hydrogen-bond donors (Lipinski definition) is 2. The van der Waals surface area contributed by atoms with Crippen molar-refractivity contribution in [2.24, 2.45) is 0 Å². The number of nitrogens with one attached hydrogen (secondary N) is 2. The molecule has 0 spiro atoms. The van der Waals surface area contributed by atoms with Crippen LogP contribution in [0.4, 0.5) is 0 Å². The monoisotopic (exact) mass is 386 g/mol. The molecule has 1 aromatic heterocycles. The van der Waals surface area contributed by atoms with Crippen molar-refractivity contribution < 1.29 is 18.0 Å². The van der Waals surface area contributed by atoms with Crippen LogP contribution in [0.2, 0.25) is 0 Å². The number of sulfone groups is 1. The van der Waals surface area contributed by atoms with Crippen molar-refractivity contribution in [2.45, 2.75) is 11.0 Å². The van der Waals surface area contributed by atoms with E-state index in [1.54, 1.807) is 36.4 Å². The van der Waals surface area contributed by atoms with Crippen molar-refractivity contribution in [1.82, 2.24) is 15.6 Å². The number of pyridine rings is 1. The Labute approximate surface area is 157 Å². The molecule has 0 saturated heterocycles. The summed E-state index contributed by atoms with van der Waals surface area (Å²) < 4.78 is 25.5. The SMILES string of the molecule is N#CCNC(=O)C(CNC(=O)c1ccccc1)S(=O)(=O)Cc1ccncc1. The van der Waals surface area contributed by atoms with Crippen molar-refractivity contribution in [3.8, 4) is 6.07 Å². The molecule has 1 unspecified atom stereocenters. The Morgan fingerprint density at radius 2 is 1.74 bits per heavy atom. The van der Waals surface area contributed by atoms with Gasteiger partial charge >= 0.3 is 0 Å². The smallest absolute Gasteiger partial charge is 0.251 e. The summed E-state index contributed by atoms with van der Waals surface area (Å²) in [5.74, 6) is -1.71. The van der Waals surface area contributed by atoms with Crippen LogP contribution < -0.4 is 10.6 Å². The van der Waals surface area contributed by atoms with Crippen LogP contribution in [0.3, 0.4) is 0 Å². The van der Waals surface area contributed by atoms with Crippen LogP contribution in [-0.4, -0.2) is 43.6 Å². The van der Waals surface area contributed by atoms with Gasteiger partial charge in [-0.1, -0.05) is 18.2 Å². The molecule has 0 aliphatic carbocycles. The maximum atomic E-state index is 12.7. The number of rotatable bonds is 8. The van der Waals surface area contributed by atoms with Gasteiger partial charge in [-0.05, 0) is 29.8 Å². The number of aromatic nitrogens is 1. The molecule has 0 fully saturated rings. The molecule has 9 heteroatoms. The fourth-order valence-corrected chi connectivity index (χ4v) is 3.92. The predicted molar refractivity (Wildman–Crippen MR) is 98.0 cm³/mol. The van der Waals surface area contributed by atoms with Crippen LogP contribution >= 0.6 is 0 Å². The molecule has 1 heterocycles. The quantitative estimate of drug-likeness (QED) is 0.633. The zero-order chi connectivity index (χ0) is 19.7. The first-order valence-corrected chi connectivity index (χ1v) is 9.74. The minimum absolute atomic E-state index is 0.327. The molecule has 140 valence electrons. The lowest BCUT2D eigenvalue weighted by Crippen LogP contribution is -2.47. The minimum Gasteiger partial charge on any atom is -0.350 e. The van der Waals surface area contributed by atoms with Crippen LogP contribution in [0.1, 0.15) is 15.9 Å². The Balaban J connectivity index is 2.16. The van der Waals surface area contributed by atoms with Crippen molar-refractivity contribution >= 4 is 21.7 Å². The van der Waals surface area contributed by atoms with E-state index in [-0.39, 0.29) is 12.3 Å². The minimum atomic E-state index is -3.95. The predicted octanol–water partition coefficient (Wildman–Crippen LogP) is 0.435. The van der Waals surface area contributed by atoms with E-state index in [0.29, 0.717) is 11.1 Å². The van der Waals surface area contributed by atoms with Gasteiger partial charge in [0.05, 0.1) is 11.8 Å². The average molecular weight is 386 g/mol. The molecule has 0 saturated carbocycles. The topological polar surface area (TPSA) is 129 Å². The summed E-state index contributed by atoms with van der Waals surface area (Å²) in [5, 5.41) is 11.8. The summed E-state index contributed by atoms with van der Waals surface area (Å²) in [5.41, 5.74) is 0.817. The van der Waals surface area contributed by atoms with Crippen LogP contribution in [0.25, 0.3) is 0 Å². The average Bonchev–Trinajstić information content (AvgIpc) is 2.67. The third-order valence-electron chi connectivity index (χ3n) is 3.67. The van der Waals surface area contributed by atoms with E-state index in [1.165, 1.54) is 24.5 Å². The van der Waals surface area contributed by atoms with Crippen LogP contribution in [-0.2, 0) is 20.4 Å². The summed E-state index contributed by atoms with van der Waals surface area (Å²) in [6.45, 7) is -0.731. The van der Waals surface area contributed by atoms with Gasteiger partial charge in [-0.2, -0.15) is 5.26 Å². The molecule has 0 aliphatic heterocycles. The highest BCUT2D eigenvalue weighted by Gasteiger charge is 2.33. The standard InChI is InChI=1S/C18H18N4O4S/c19-8-11-21-18(24)16(12-22-17(23)15-4-2-1-3-5-15)27(25,26)13-14-6-9-20-10-7-14/h1-7,9-10,16H,11-13H2,(H,21,24)(H,22,23).